The van der Waals surface area contributed by atoms with E-state index in [4.69, 9.17) is 5.11 Å². The summed E-state index contributed by atoms with van der Waals surface area (Å²) in [7, 11) is 0. The van der Waals surface area contributed by atoms with Gasteiger partial charge in [0.25, 0.3) is 0 Å². The van der Waals surface area contributed by atoms with Crippen molar-refractivity contribution in [3.8, 4) is 5.75 Å². The summed E-state index contributed by atoms with van der Waals surface area (Å²) >= 11 is 0. The number of aromatic nitrogens is 1. The maximum Gasteiger partial charge on any atom is 0.306 e. The van der Waals surface area contributed by atoms with Crippen molar-refractivity contribution in [1.29, 1.82) is 0 Å². The molecule has 0 bridgehead atoms. The number of nitrogens with zero attached hydrogens (tertiary/aromatic N) is 1. The Kier molecular flexibility index (Phi) is 3.28. The normalized spacial score (nSPS) is 12.8. The fourth-order valence-corrected chi connectivity index (χ4v) is 2.29. The van der Waals surface area contributed by atoms with Crippen LogP contribution >= 0.6 is 0 Å². The third-order valence-corrected chi connectivity index (χ3v) is 3.24. The summed E-state index contributed by atoms with van der Waals surface area (Å²) in [6.07, 6.45) is 0.470. The summed E-state index contributed by atoms with van der Waals surface area (Å²) in [5.41, 5.74) is 1.73. The molecule has 18 heavy (non-hydrogen) atoms. The molecule has 1 atom stereocenters. The lowest BCUT2D eigenvalue weighted by atomic mass is 10.1. The van der Waals surface area contributed by atoms with Gasteiger partial charge in [-0.25, -0.2) is 0 Å². The topological polar surface area (TPSA) is 62.5 Å². The van der Waals surface area contributed by atoms with Crippen molar-refractivity contribution in [3.05, 3.63) is 30.0 Å². The number of aryl methyl sites for hydroxylation is 1. The number of hydrogen-bond donors (Lipinski definition) is 2. The Morgan fingerprint density at radius 3 is 2.78 bits per heavy atom. The number of aliphatic carboxylic acids is 1. The van der Waals surface area contributed by atoms with Crippen molar-refractivity contribution in [2.45, 2.75) is 26.8 Å². The molecule has 1 unspecified atom stereocenters. The van der Waals surface area contributed by atoms with Crippen LogP contribution in [0.3, 0.4) is 0 Å². The number of carboxylic acid groups (broad SMARTS) is 1. The molecule has 0 aliphatic carbocycles. The summed E-state index contributed by atoms with van der Waals surface area (Å²) in [4.78, 5) is 10.9. The molecule has 4 nitrogen and oxygen atoms in total. The number of aromatic hydroxyl groups is 1. The number of hydrogen-bond acceptors (Lipinski definition) is 2. The zero-order valence-corrected chi connectivity index (χ0v) is 10.6. The minimum absolute atomic E-state index is 0.239. The molecule has 1 aromatic carbocycles. The lowest BCUT2D eigenvalue weighted by molar-refractivity contribution is -0.141. The van der Waals surface area contributed by atoms with Crippen LogP contribution in [0, 0.1) is 5.92 Å². The first-order valence-electron chi connectivity index (χ1n) is 6.07. The molecule has 0 fully saturated rings. The molecule has 0 saturated heterocycles. The molecule has 0 saturated carbocycles. The molecule has 0 spiro atoms. The second-order valence-electron chi connectivity index (χ2n) is 4.54. The van der Waals surface area contributed by atoms with Crippen molar-refractivity contribution in [1.82, 2.24) is 4.57 Å². The van der Waals surface area contributed by atoms with Crippen LogP contribution < -0.4 is 0 Å². The first-order valence-corrected chi connectivity index (χ1v) is 6.07. The fourth-order valence-electron chi connectivity index (χ4n) is 2.29. The average Bonchev–Trinajstić information content (AvgIpc) is 2.67. The molecule has 2 N–H and O–H groups in total. The summed E-state index contributed by atoms with van der Waals surface area (Å²) in [6.45, 7) is 4.39. The Morgan fingerprint density at radius 2 is 2.17 bits per heavy atom. The quantitative estimate of drug-likeness (QED) is 0.873. The number of rotatable bonds is 4. The Bertz CT molecular complexity index is 586. The van der Waals surface area contributed by atoms with E-state index in [1.54, 1.807) is 19.1 Å². The van der Waals surface area contributed by atoms with Crippen LogP contribution in [0.1, 0.15) is 19.5 Å². The zero-order chi connectivity index (χ0) is 13.3. The van der Waals surface area contributed by atoms with E-state index < -0.39 is 11.9 Å². The molecule has 96 valence electrons. The Balaban J connectivity index is 2.51. The van der Waals surface area contributed by atoms with Gasteiger partial charge in [0, 0.05) is 24.0 Å². The first-order chi connectivity index (χ1) is 8.54. The second kappa shape index (κ2) is 4.72. The molecule has 2 aromatic rings. The molecule has 1 aromatic heterocycles. The van der Waals surface area contributed by atoms with Gasteiger partial charge in [0.1, 0.15) is 5.75 Å². The van der Waals surface area contributed by atoms with Crippen LogP contribution in [0.5, 0.6) is 5.75 Å². The molecule has 1 heterocycles. The monoisotopic (exact) mass is 247 g/mol. The van der Waals surface area contributed by atoms with Crippen molar-refractivity contribution in [2.75, 3.05) is 0 Å². The third kappa shape index (κ3) is 2.06. The van der Waals surface area contributed by atoms with Crippen molar-refractivity contribution in [3.63, 3.8) is 0 Å². The SMILES string of the molecule is CCn1c(CC(C)C(=O)O)cc2cccc(O)c21. The van der Waals surface area contributed by atoms with E-state index in [1.165, 1.54) is 0 Å². The standard InChI is InChI=1S/C14H17NO3/c1-3-15-11(7-9(2)14(17)18)8-10-5-4-6-12(16)13(10)15/h4-6,8-9,16H,3,7H2,1-2H3,(H,17,18). The lowest BCUT2D eigenvalue weighted by Crippen LogP contribution is -2.14. The number of phenolic OH excluding ortho intramolecular Hbond substituents is 1. The number of carbonyl (C=O) groups is 1. The molecule has 2 rings (SSSR count). The van der Waals surface area contributed by atoms with E-state index in [0.717, 1.165) is 16.6 Å². The van der Waals surface area contributed by atoms with E-state index in [-0.39, 0.29) is 5.75 Å². The molecular weight excluding hydrogens is 230 g/mol. The molecular formula is C14H17NO3. The van der Waals surface area contributed by atoms with Crippen molar-refractivity contribution >= 4 is 16.9 Å². The van der Waals surface area contributed by atoms with Crippen LogP contribution in [-0.2, 0) is 17.8 Å². The van der Waals surface area contributed by atoms with Crippen molar-refractivity contribution < 1.29 is 15.0 Å². The van der Waals surface area contributed by atoms with Crippen molar-refractivity contribution in [2.24, 2.45) is 5.92 Å². The van der Waals surface area contributed by atoms with Gasteiger partial charge in [-0.2, -0.15) is 0 Å². The van der Waals surface area contributed by atoms with Gasteiger partial charge in [-0.1, -0.05) is 19.1 Å². The smallest absolute Gasteiger partial charge is 0.306 e. The largest absolute Gasteiger partial charge is 0.506 e. The van der Waals surface area contributed by atoms with Gasteiger partial charge in [-0.05, 0) is 19.1 Å². The highest BCUT2D eigenvalue weighted by Gasteiger charge is 2.17. The number of phenols is 1. The highest BCUT2D eigenvalue weighted by Crippen LogP contribution is 2.29. The van der Waals surface area contributed by atoms with Gasteiger partial charge >= 0.3 is 5.97 Å². The average molecular weight is 247 g/mol. The van der Waals surface area contributed by atoms with Crippen LogP contribution in [0.15, 0.2) is 24.3 Å². The Hall–Kier alpha value is -1.97. The van der Waals surface area contributed by atoms with E-state index >= 15 is 0 Å². The number of carboxylic acids is 1. The molecule has 0 aliphatic rings. The maximum atomic E-state index is 10.9. The lowest BCUT2D eigenvalue weighted by Gasteiger charge is -2.10. The number of para-hydroxylation sites is 1. The van der Waals surface area contributed by atoms with E-state index in [2.05, 4.69) is 0 Å². The number of fused-ring (bicyclic) bond motifs is 1. The predicted molar refractivity (Wildman–Crippen MR) is 69.8 cm³/mol. The van der Waals surface area contributed by atoms with Gasteiger partial charge in [-0.3, -0.25) is 4.79 Å². The van der Waals surface area contributed by atoms with E-state index in [9.17, 15) is 9.90 Å². The van der Waals surface area contributed by atoms with Gasteiger partial charge in [0.2, 0.25) is 0 Å². The molecule has 0 amide bonds. The van der Waals surface area contributed by atoms with Gasteiger partial charge in [0.05, 0.1) is 11.4 Å². The number of benzene rings is 1. The Morgan fingerprint density at radius 1 is 1.44 bits per heavy atom. The summed E-state index contributed by atoms with van der Waals surface area (Å²) in [5, 5.41) is 19.8. The molecule has 0 radical (unpaired) electrons. The third-order valence-electron chi connectivity index (χ3n) is 3.24. The highest BCUT2D eigenvalue weighted by atomic mass is 16.4. The zero-order valence-electron chi connectivity index (χ0n) is 10.6. The van der Waals surface area contributed by atoms with Crippen LogP contribution in [0.4, 0.5) is 0 Å². The van der Waals surface area contributed by atoms with Crippen LogP contribution in [-0.4, -0.2) is 20.7 Å². The maximum absolute atomic E-state index is 10.9. The van der Waals surface area contributed by atoms with Gasteiger partial charge in [0.15, 0.2) is 0 Å². The van der Waals surface area contributed by atoms with Crippen LogP contribution in [0.2, 0.25) is 0 Å². The van der Waals surface area contributed by atoms with E-state index in [1.807, 2.05) is 23.6 Å². The predicted octanol–water partition coefficient (Wildman–Crippen LogP) is 2.63. The van der Waals surface area contributed by atoms with Crippen LogP contribution in [0.25, 0.3) is 10.9 Å². The first kappa shape index (κ1) is 12.5. The minimum Gasteiger partial charge on any atom is -0.506 e. The summed E-state index contributed by atoms with van der Waals surface area (Å²) in [5.74, 6) is -0.988. The summed E-state index contributed by atoms with van der Waals surface area (Å²) < 4.78 is 1.98. The van der Waals surface area contributed by atoms with Gasteiger partial charge < -0.3 is 14.8 Å². The Labute approximate surface area is 105 Å². The molecule has 4 heteroatoms. The van der Waals surface area contributed by atoms with Gasteiger partial charge in [-0.15, -0.1) is 0 Å². The van der Waals surface area contributed by atoms with E-state index in [0.29, 0.717) is 13.0 Å². The molecule has 0 aliphatic heterocycles. The minimum atomic E-state index is -0.799. The second-order valence-corrected chi connectivity index (χ2v) is 4.54. The summed E-state index contributed by atoms with van der Waals surface area (Å²) in [6, 6.07) is 7.33. The highest BCUT2D eigenvalue weighted by molar-refractivity contribution is 5.87. The fraction of sp³-hybridized carbons (Fsp3) is 0.357.